The Bertz CT molecular complexity index is 844. The van der Waals surface area contributed by atoms with Gasteiger partial charge in [-0.2, -0.15) is 0 Å². The van der Waals surface area contributed by atoms with Crippen molar-refractivity contribution in [2.24, 2.45) is 5.92 Å². The molecule has 6 nitrogen and oxygen atoms in total. The molecular formula is C19H21FN4O2. The number of nitrogens with one attached hydrogen (secondary N) is 2. The number of benzene rings is 1. The predicted molar refractivity (Wildman–Crippen MR) is 94.3 cm³/mol. The fraction of sp³-hybridized carbons (Fsp3) is 0.421. The van der Waals surface area contributed by atoms with Gasteiger partial charge in [-0.3, -0.25) is 9.59 Å². The van der Waals surface area contributed by atoms with Crippen molar-refractivity contribution in [1.82, 2.24) is 14.9 Å². The molecule has 0 spiro atoms. The Kier molecular flexibility index (Phi) is 4.44. The molecule has 0 bridgehead atoms. The molecule has 1 aliphatic carbocycles. The number of amides is 2. The topological polar surface area (TPSA) is 76.0 Å². The number of anilines is 1. The lowest BCUT2D eigenvalue weighted by Gasteiger charge is -2.17. The van der Waals surface area contributed by atoms with Gasteiger partial charge in [0.05, 0.1) is 12.2 Å². The number of aryl methyl sites for hydroxylation is 1. The summed E-state index contributed by atoms with van der Waals surface area (Å²) >= 11 is 0. The van der Waals surface area contributed by atoms with Crippen molar-refractivity contribution in [3.63, 3.8) is 0 Å². The number of halogens is 1. The summed E-state index contributed by atoms with van der Waals surface area (Å²) in [5.41, 5.74) is 0.834. The monoisotopic (exact) mass is 356 g/mol. The van der Waals surface area contributed by atoms with Gasteiger partial charge in [-0.25, -0.2) is 9.37 Å². The number of hydrogen-bond acceptors (Lipinski definition) is 3. The van der Waals surface area contributed by atoms with Gasteiger partial charge in [0.2, 0.25) is 5.91 Å². The maximum atomic E-state index is 13.3. The fourth-order valence-corrected chi connectivity index (χ4v) is 3.43. The number of carbonyl (C=O) groups is 2. The van der Waals surface area contributed by atoms with Crippen LogP contribution in [-0.2, 0) is 11.2 Å². The van der Waals surface area contributed by atoms with E-state index in [1.54, 1.807) is 18.3 Å². The smallest absolute Gasteiger partial charge is 0.273 e. The van der Waals surface area contributed by atoms with Crippen molar-refractivity contribution >= 4 is 17.5 Å². The summed E-state index contributed by atoms with van der Waals surface area (Å²) in [4.78, 5) is 28.9. The molecule has 4 rings (SSSR count). The van der Waals surface area contributed by atoms with Crippen LogP contribution in [0.25, 0.3) is 0 Å². The van der Waals surface area contributed by atoms with E-state index in [0.29, 0.717) is 30.3 Å². The largest absolute Gasteiger partial charge is 0.354 e. The van der Waals surface area contributed by atoms with Gasteiger partial charge >= 0.3 is 0 Å². The highest BCUT2D eigenvalue weighted by Crippen LogP contribution is 2.32. The van der Waals surface area contributed by atoms with Gasteiger partial charge in [0, 0.05) is 25.1 Å². The van der Waals surface area contributed by atoms with Crippen LogP contribution in [0.5, 0.6) is 0 Å². The van der Waals surface area contributed by atoms with Gasteiger partial charge in [0.25, 0.3) is 5.91 Å². The minimum atomic E-state index is -0.405. The van der Waals surface area contributed by atoms with Gasteiger partial charge in [-0.1, -0.05) is 6.07 Å². The van der Waals surface area contributed by atoms with E-state index in [2.05, 4.69) is 15.6 Å². The molecule has 0 saturated heterocycles. The Hall–Kier alpha value is -2.70. The van der Waals surface area contributed by atoms with Crippen LogP contribution in [0, 0.1) is 11.7 Å². The van der Waals surface area contributed by atoms with Gasteiger partial charge in [0.1, 0.15) is 17.3 Å². The first-order chi connectivity index (χ1) is 12.6. The molecule has 1 aromatic heterocycles. The normalized spacial score (nSPS) is 18.4. The van der Waals surface area contributed by atoms with Crippen LogP contribution in [0.2, 0.25) is 0 Å². The lowest BCUT2D eigenvalue weighted by atomic mass is 10.2. The molecule has 2 heterocycles. The van der Waals surface area contributed by atoms with Crippen LogP contribution in [0.15, 0.2) is 30.5 Å². The van der Waals surface area contributed by atoms with Crippen LogP contribution in [0.1, 0.15) is 48.0 Å². The summed E-state index contributed by atoms with van der Waals surface area (Å²) in [5.74, 6) is 0.737. The first-order valence-corrected chi connectivity index (χ1v) is 9.00. The average molecular weight is 356 g/mol. The molecule has 1 fully saturated rings. The maximum Gasteiger partial charge on any atom is 0.273 e. The summed E-state index contributed by atoms with van der Waals surface area (Å²) in [6, 6.07) is 5.80. The molecule has 2 N–H and O–H groups in total. The van der Waals surface area contributed by atoms with Crippen molar-refractivity contribution in [1.29, 1.82) is 0 Å². The first kappa shape index (κ1) is 16.8. The van der Waals surface area contributed by atoms with E-state index in [1.807, 2.05) is 4.57 Å². The van der Waals surface area contributed by atoms with E-state index in [0.717, 1.165) is 31.5 Å². The lowest BCUT2D eigenvalue weighted by molar-refractivity contribution is -0.121. The van der Waals surface area contributed by atoms with Crippen LogP contribution < -0.4 is 10.6 Å². The lowest BCUT2D eigenvalue weighted by Crippen LogP contribution is -2.31. The molecule has 7 heteroatoms. The number of rotatable bonds is 6. The standard InChI is InChI=1S/C19H21FN4O2/c20-13-2-1-3-14(9-13)23-19(26)16-11-21-17-7-6-15(24(16)17)10-22-18(25)8-12-4-5-12/h1-3,9,11-12,15H,4-8,10H2,(H,22,25)(H,23,26). The summed E-state index contributed by atoms with van der Waals surface area (Å²) < 4.78 is 15.2. The molecule has 1 saturated carbocycles. The predicted octanol–water partition coefficient (Wildman–Crippen LogP) is 2.68. The minimum Gasteiger partial charge on any atom is -0.354 e. The van der Waals surface area contributed by atoms with E-state index < -0.39 is 5.82 Å². The van der Waals surface area contributed by atoms with Crippen molar-refractivity contribution < 1.29 is 14.0 Å². The van der Waals surface area contributed by atoms with E-state index in [-0.39, 0.29) is 17.9 Å². The zero-order valence-electron chi connectivity index (χ0n) is 14.4. The molecule has 1 atom stereocenters. The van der Waals surface area contributed by atoms with Gasteiger partial charge in [-0.05, 0) is 43.4 Å². The minimum absolute atomic E-state index is 0.0175. The van der Waals surface area contributed by atoms with Crippen molar-refractivity contribution in [3.05, 3.63) is 47.8 Å². The Labute approximate surface area is 150 Å². The van der Waals surface area contributed by atoms with Gasteiger partial charge in [-0.15, -0.1) is 0 Å². The SMILES string of the molecule is O=C(CC1CC1)NCC1CCc2ncc(C(=O)Nc3cccc(F)c3)n21. The summed E-state index contributed by atoms with van der Waals surface area (Å²) in [6.07, 6.45) is 6.04. The van der Waals surface area contributed by atoms with E-state index in [9.17, 15) is 14.0 Å². The Balaban J connectivity index is 1.43. The third-order valence-electron chi connectivity index (χ3n) is 4.96. The van der Waals surface area contributed by atoms with E-state index >= 15 is 0 Å². The van der Waals surface area contributed by atoms with E-state index in [4.69, 9.17) is 0 Å². The number of aromatic nitrogens is 2. The summed E-state index contributed by atoms with van der Waals surface area (Å²) in [5, 5.41) is 5.69. The highest BCUT2D eigenvalue weighted by atomic mass is 19.1. The third-order valence-corrected chi connectivity index (χ3v) is 4.96. The number of fused-ring (bicyclic) bond motifs is 1. The molecule has 2 aromatic rings. The highest BCUT2D eigenvalue weighted by Gasteiger charge is 2.29. The van der Waals surface area contributed by atoms with Crippen molar-refractivity contribution in [3.8, 4) is 0 Å². The number of imidazole rings is 1. The Morgan fingerprint density at radius 3 is 2.88 bits per heavy atom. The maximum absolute atomic E-state index is 13.3. The number of hydrogen-bond donors (Lipinski definition) is 2. The second-order valence-corrected chi connectivity index (χ2v) is 7.04. The van der Waals surface area contributed by atoms with Crippen LogP contribution in [0.3, 0.4) is 0 Å². The average Bonchev–Trinajstić information content (AvgIpc) is 3.17. The Morgan fingerprint density at radius 2 is 2.12 bits per heavy atom. The van der Waals surface area contributed by atoms with Crippen LogP contribution in [0.4, 0.5) is 10.1 Å². The second-order valence-electron chi connectivity index (χ2n) is 7.04. The van der Waals surface area contributed by atoms with E-state index in [1.165, 1.54) is 12.1 Å². The van der Waals surface area contributed by atoms with Crippen molar-refractivity contribution in [2.45, 2.75) is 38.1 Å². The Morgan fingerprint density at radius 1 is 1.27 bits per heavy atom. The highest BCUT2D eigenvalue weighted by molar-refractivity contribution is 6.03. The van der Waals surface area contributed by atoms with Crippen LogP contribution >= 0.6 is 0 Å². The first-order valence-electron chi connectivity index (χ1n) is 9.00. The molecular weight excluding hydrogens is 335 g/mol. The van der Waals surface area contributed by atoms with Gasteiger partial charge < -0.3 is 15.2 Å². The van der Waals surface area contributed by atoms with Crippen molar-refractivity contribution in [2.75, 3.05) is 11.9 Å². The summed E-state index contributed by atoms with van der Waals surface area (Å²) in [7, 11) is 0. The molecule has 1 aliphatic heterocycles. The quantitative estimate of drug-likeness (QED) is 0.835. The number of carbonyl (C=O) groups excluding carboxylic acids is 2. The van der Waals surface area contributed by atoms with Gasteiger partial charge in [0.15, 0.2) is 0 Å². The summed E-state index contributed by atoms with van der Waals surface area (Å²) in [6.45, 7) is 0.495. The van der Waals surface area contributed by atoms with Crippen LogP contribution in [-0.4, -0.2) is 27.9 Å². The molecule has 2 aliphatic rings. The zero-order chi connectivity index (χ0) is 18.1. The molecule has 1 aromatic carbocycles. The molecule has 26 heavy (non-hydrogen) atoms. The third kappa shape index (κ3) is 3.61. The molecule has 2 amide bonds. The zero-order valence-corrected chi connectivity index (χ0v) is 14.4. The fourth-order valence-electron chi connectivity index (χ4n) is 3.43. The second kappa shape index (κ2) is 6.90. The molecule has 1 unspecified atom stereocenters. The molecule has 136 valence electrons. The number of nitrogens with zero attached hydrogens (tertiary/aromatic N) is 2. The molecule has 0 radical (unpaired) electrons.